The number of fused-ring (bicyclic) bond motifs is 1. The summed E-state index contributed by atoms with van der Waals surface area (Å²) in [6.45, 7) is 3.74. The first-order chi connectivity index (χ1) is 14.7. The molecule has 0 amide bonds. The molecule has 9 heteroatoms. The second-order valence-corrected chi connectivity index (χ2v) is 7.88. The Morgan fingerprint density at radius 3 is 2.48 bits per heavy atom. The molecule has 0 aliphatic carbocycles. The van der Waals surface area contributed by atoms with Gasteiger partial charge >= 0.3 is 0 Å². The third kappa shape index (κ3) is 3.60. The summed E-state index contributed by atoms with van der Waals surface area (Å²) >= 11 is 11.1. The van der Waals surface area contributed by atoms with Crippen molar-refractivity contribution in [2.75, 3.05) is 0 Å². The second kappa shape index (κ2) is 7.64. The number of ether oxygens (including phenoxy) is 1. The number of rotatable bonds is 2. The molecule has 4 rings (SSSR count). The van der Waals surface area contributed by atoms with Gasteiger partial charge in [0, 0.05) is 5.02 Å². The summed E-state index contributed by atoms with van der Waals surface area (Å²) in [5.74, 6) is -1.09. The minimum atomic E-state index is -0.702. The van der Waals surface area contributed by atoms with Gasteiger partial charge in [-0.1, -0.05) is 11.6 Å². The highest BCUT2D eigenvalue weighted by Gasteiger charge is 2.30. The van der Waals surface area contributed by atoms with E-state index in [1.165, 1.54) is 4.57 Å². The maximum atomic E-state index is 13.1. The summed E-state index contributed by atoms with van der Waals surface area (Å²) in [4.78, 5) is 28.1. The molecule has 2 aromatic carbocycles. The Hall–Kier alpha value is -3.49. The zero-order valence-corrected chi connectivity index (χ0v) is 18.0. The van der Waals surface area contributed by atoms with Crippen LogP contribution in [-0.2, 0) is 0 Å². The van der Waals surface area contributed by atoms with Gasteiger partial charge in [0.05, 0.1) is 16.8 Å². The second-order valence-electron chi connectivity index (χ2n) is 7.06. The van der Waals surface area contributed by atoms with E-state index in [9.17, 15) is 14.7 Å². The Bertz CT molecular complexity index is 1420. The first-order valence-electron chi connectivity index (χ1n) is 9.16. The lowest BCUT2D eigenvalue weighted by atomic mass is 9.94. The van der Waals surface area contributed by atoms with Gasteiger partial charge in [0.15, 0.2) is 4.77 Å². The molecule has 7 nitrogen and oxygen atoms in total. The maximum absolute atomic E-state index is 13.1. The summed E-state index contributed by atoms with van der Waals surface area (Å²) in [5, 5.41) is 19.5. The van der Waals surface area contributed by atoms with Gasteiger partial charge in [-0.05, 0) is 79.7 Å². The first kappa shape index (κ1) is 20.8. The fourth-order valence-electron chi connectivity index (χ4n) is 3.24. The van der Waals surface area contributed by atoms with E-state index in [1.807, 2.05) is 13.8 Å². The number of aryl methyl sites for hydroxylation is 2. The molecule has 3 N–H and O–H groups in total. The van der Waals surface area contributed by atoms with Crippen LogP contribution in [0.2, 0.25) is 5.02 Å². The summed E-state index contributed by atoms with van der Waals surface area (Å²) < 4.78 is 6.71. The normalized spacial score (nSPS) is 14.5. The predicted molar refractivity (Wildman–Crippen MR) is 120 cm³/mol. The number of hydrogen-bond acceptors (Lipinski definition) is 6. The number of benzene rings is 2. The van der Waals surface area contributed by atoms with Gasteiger partial charge in [0.2, 0.25) is 17.6 Å². The van der Waals surface area contributed by atoms with Crippen LogP contribution in [0.3, 0.4) is 0 Å². The van der Waals surface area contributed by atoms with Gasteiger partial charge in [0.25, 0.3) is 5.56 Å². The van der Waals surface area contributed by atoms with E-state index in [1.54, 1.807) is 36.4 Å². The van der Waals surface area contributed by atoms with Crippen LogP contribution in [0.1, 0.15) is 27.0 Å². The molecule has 1 aliphatic rings. The fraction of sp³-hybridized carbons (Fsp3) is 0.0909. The number of aromatic nitrogens is 2. The van der Waals surface area contributed by atoms with Crippen molar-refractivity contribution in [2.24, 2.45) is 0 Å². The molecule has 1 aromatic heterocycles. The molecule has 0 saturated carbocycles. The number of H-pyrrole nitrogens is 1. The molecule has 0 atom stereocenters. The van der Waals surface area contributed by atoms with Crippen LogP contribution in [0.25, 0.3) is 11.8 Å². The first-order valence-corrected chi connectivity index (χ1v) is 9.94. The Labute approximate surface area is 186 Å². The average Bonchev–Trinajstić information content (AvgIpc) is 2.70. The Morgan fingerprint density at radius 1 is 1.16 bits per heavy atom. The smallest absolute Gasteiger partial charge is 0.262 e. The van der Waals surface area contributed by atoms with Crippen molar-refractivity contribution < 1.29 is 14.6 Å². The molecule has 0 spiro atoms. The minimum absolute atomic E-state index is 0.0373. The van der Waals surface area contributed by atoms with Crippen molar-refractivity contribution in [3.8, 4) is 17.3 Å². The van der Waals surface area contributed by atoms with Crippen LogP contribution in [0, 0.1) is 24.0 Å². The quantitative estimate of drug-likeness (QED) is 0.391. The molecule has 2 heterocycles. The number of halogens is 1. The van der Waals surface area contributed by atoms with E-state index >= 15 is 0 Å². The number of carbonyl (C=O) groups excluding carboxylic acids is 1. The molecule has 3 aromatic rings. The van der Waals surface area contributed by atoms with Crippen molar-refractivity contribution in [1.29, 1.82) is 5.41 Å². The molecule has 0 saturated heterocycles. The third-order valence-electron chi connectivity index (χ3n) is 5.04. The molecule has 31 heavy (non-hydrogen) atoms. The lowest BCUT2D eigenvalue weighted by molar-refractivity contribution is 0.103. The molecular weight excluding hydrogens is 438 g/mol. The van der Waals surface area contributed by atoms with Crippen LogP contribution in [-0.4, -0.2) is 26.3 Å². The molecule has 0 radical (unpaired) electrons. The molecule has 1 aliphatic heterocycles. The highest BCUT2D eigenvalue weighted by molar-refractivity contribution is 7.71. The lowest BCUT2D eigenvalue weighted by Gasteiger charge is -2.20. The Balaban J connectivity index is 1.90. The van der Waals surface area contributed by atoms with Crippen molar-refractivity contribution >= 4 is 41.6 Å². The summed E-state index contributed by atoms with van der Waals surface area (Å²) in [6, 6.07) is 9.82. The van der Waals surface area contributed by atoms with Crippen molar-refractivity contribution in [3.05, 3.63) is 84.4 Å². The van der Waals surface area contributed by atoms with Crippen LogP contribution >= 0.6 is 23.8 Å². The summed E-state index contributed by atoms with van der Waals surface area (Å²) in [7, 11) is 0. The average molecular weight is 454 g/mol. The van der Waals surface area contributed by atoms with Crippen LogP contribution in [0.5, 0.6) is 11.6 Å². The van der Waals surface area contributed by atoms with Crippen LogP contribution in [0.4, 0.5) is 0 Å². The molecular formula is C22H16ClN3O4S. The SMILES string of the molecule is Cc1cc2c(cc1C)C(=O)C(=Cc1c(O)n(-c3ccc(Cl)cc3)c(=S)[nH]c1=O)C(=N)O2. The number of ketones is 1. The number of Topliss-reactive ketones (excluding diaryl/α,β-unsaturated/α-hetero) is 1. The van der Waals surface area contributed by atoms with E-state index in [-0.39, 0.29) is 27.2 Å². The Kier molecular flexibility index (Phi) is 5.12. The minimum Gasteiger partial charge on any atom is -0.494 e. The van der Waals surface area contributed by atoms with Gasteiger partial charge in [-0.15, -0.1) is 0 Å². The van der Waals surface area contributed by atoms with E-state index in [2.05, 4.69) is 4.98 Å². The topological polar surface area (TPSA) is 108 Å². The number of aromatic hydroxyl groups is 1. The summed E-state index contributed by atoms with van der Waals surface area (Å²) in [6.07, 6.45) is 1.14. The third-order valence-corrected chi connectivity index (χ3v) is 5.57. The van der Waals surface area contributed by atoms with Gasteiger partial charge in [-0.25, -0.2) is 0 Å². The van der Waals surface area contributed by atoms with Gasteiger partial charge in [-0.3, -0.25) is 24.5 Å². The summed E-state index contributed by atoms with van der Waals surface area (Å²) in [5.41, 5.74) is 1.47. The number of nitrogens with zero attached hydrogens (tertiary/aromatic N) is 1. The van der Waals surface area contributed by atoms with Crippen LogP contribution in [0.15, 0.2) is 46.8 Å². The fourth-order valence-corrected chi connectivity index (χ4v) is 3.65. The molecule has 0 fully saturated rings. The highest BCUT2D eigenvalue weighted by atomic mass is 35.5. The zero-order chi connectivity index (χ0) is 22.4. The zero-order valence-electron chi connectivity index (χ0n) is 16.4. The molecule has 0 unspecified atom stereocenters. The number of carbonyl (C=O) groups is 1. The number of nitrogens with one attached hydrogen (secondary N) is 2. The van der Waals surface area contributed by atoms with E-state index in [0.717, 1.165) is 17.2 Å². The number of hydrogen-bond donors (Lipinski definition) is 3. The van der Waals surface area contributed by atoms with E-state index in [0.29, 0.717) is 10.7 Å². The van der Waals surface area contributed by atoms with Crippen molar-refractivity contribution in [3.63, 3.8) is 0 Å². The molecule has 156 valence electrons. The standard InChI is InChI=1S/C22H16ClN3O4S/c1-10-7-14-17(8-11(10)2)30-19(24)15(18(14)27)9-16-20(28)25-22(31)26(21(16)29)13-5-3-12(23)4-6-13/h3-9,24,29H,1-2H3,(H,25,28,31). The monoisotopic (exact) mass is 453 g/mol. The predicted octanol–water partition coefficient (Wildman–Crippen LogP) is 4.51. The van der Waals surface area contributed by atoms with Gasteiger partial charge in [0.1, 0.15) is 11.3 Å². The lowest BCUT2D eigenvalue weighted by Crippen LogP contribution is -2.26. The maximum Gasteiger partial charge on any atom is 0.262 e. The highest BCUT2D eigenvalue weighted by Crippen LogP contribution is 2.32. The van der Waals surface area contributed by atoms with Crippen molar-refractivity contribution in [1.82, 2.24) is 9.55 Å². The van der Waals surface area contributed by atoms with E-state index < -0.39 is 23.1 Å². The van der Waals surface area contributed by atoms with Gasteiger partial charge < -0.3 is 9.84 Å². The largest absolute Gasteiger partial charge is 0.494 e. The molecule has 0 bridgehead atoms. The van der Waals surface area contributed by atoms with Crippen LogP contribution < -0.4 is 10.3 Å². The van der Waals surface area contributed by atoms with Crippen molar-refractivity contribution in [2.45, 2.75) is 13.8 Å². The Morgan fingerprint density at radius 2 is 1.81 bits per heavy atom. The van der Waals surface area contributed by atoms with E-state index in [4.69, 9.17) is 34.0 Å². The van der Waals surface area contributed by atoms with Gasteiger partial charge in [-0.2, -0.15) is 0 Å². The number of aromatic amines is 1.